The van der Waals surface area contributed by atoms with Gasteiger partial charge in [-0.15, -0.1) is 0 Å². The van der Waals surface area contributed by atoms with Gasteiger partial charge in [0.05, 0.1) is 52.4 Å². The normalized spacial score (nSPS) is 11.7. The molecule has 11 heteroatoms. The van der Waals surface area contributed by atoms with Crippen LogP contribution in [0.25, 0.3) is 0 Å². The molecule has 0 aliphatic rings. The average molecular weight is 1100 g/mol. The van der Waals surface area contributed by atoms with Crippen molar-refractivity contribution in [2.24, 2.45) is 0 Å². The van der Waals surface area contributed by atoms with Gasteiger partial charge in [-0.2, -0.15) is 0 Å². The van der Waals surface area contributed by atoms with Gasteiger partial charge in [0.15, 0.2) is 0 Å². The number of benzene rings is 6. The summed E-state index contributed by atoms with van der Waals surface area (Å²) in [5.74, 6) is 5.02. The Bertz CT molecular complexity index is 2320. The molecule has 0 heterocycles. The van der Waals surface area contributed by atoms with Crippen molar-refractivity contribution in [3.05, 3.63) is 179 Å². The molecule has 1 N–H and O–H groups in total. The summed E-state index contributed by atoms with van der Waals surface area (Å²) in [4.78, 5) is 0. The van der Waals surface area contributed by atoms with E-state index in [0.29, 0.717) is 44.5 Å². The van der Waals surface area contributed by atoms with E-state index in [-0.39, 0.29) is 35.6 Å². The van der Waals surface area contributed by atoms with Gasteiger partial charge in [-0.25, -0.2) is 0 Å². The highest BCUT2D eigenvalue weighted by atomic mass is 16.5. The minimum atomic E-state index is -0.759. The second-order valence-corrected chi connectivity index (χ2v) is 20.3. The number of aliphatic hydroxyl groups is 1. The summed E-state index contributed by atoms with van der Waals surface area (Å²) >= 11 is 0. The van der Waals surface area contributed by atoms with E-state index in [1.165, 1.54) is 33.4 Å². The Hall–Kier alpha value is -6.08. The van der Waals surface area contributed by atoms with Gasteiger partial charge in [-0.3, -0.25) is 0 Å². The third kappa shape index (κ3) is 23.6. The van der Waals surface area contributed by atoms with E-state index in [0.717, 1.165) is 62.6 Å². The topological polar surface area (TPSA) is 113 Å². The molecular formula is C69H98O11. The molecule has 1 atom stereocenters. The summed E-state index contributed by atoms with van der Waals surface area (Å²) in [6.07, 6.45) is -0.514. The first-order chi connectivity index (χ1) is 38.4. The molecule has 0 radical (unpaired) electrons. The van der Waals surface area contributed by atoms with Crippen molar-refractivity contribution in [3.8, 4) is 34.5 Å². The van der Waals surface area contributed by atoms with Crippen LogP contribution < -0.4 is 28.4 Å². The summed E-state index contributed by atoms with van der Waals surface area (Å²) in [7, 11) is 0. The fourth-order valence-corrected chi connectivity index (χ4v) is 8.43. The zero-order valence-electron chi connectivity index (χ0n) is 51.2. The number of aliphatic hydroxyl groups excluding tert-OH is 1. The van der Waals surface area contributed by atoms with E-state index in [9.17, 15) is 5.11 Å². The van der Waals surface area contributed by atoms with E-state index in [1.54, 1.807) is 0 Å². The van der Waals surface area contributed by atoms with Crippen LogP contribution in [0.4, 0.5) is 0 Å². The molecule has 440 valence electrons. The fraction of sp³-hybridized carbons (Fsp3) is 0.478. The van der Waals surface area contributed by atoms with Crippen LogP contribution in [0.5, 0.6) is 34.5 Å². The zero-order chi connectivity index (χ0) is 58.8. The van der Waals surface area contributed by atoms with Gasteiger partial charge in [0, 0.05) is 42.7 Å². The van der Waals surface area contributed by atoms with Crippen molar-refractivity contribution in [1.82, 2.24) is 0 Å². The highest BCUT2D eigenvalue weighted by Gasteiger charge is 2.26. The first-order valence-electron chi connectivity index (χ1n) is 28.9. The first kappa shape index (κ1) is 68.2. The molecule has 0 amide bonds. The van der Waals surface area contributed by atoms with Gasteiger partial charge in [0.1, 0.15) is 53.8 Å². The molecule has 6 aromatic carbocycles. The zero-order valence-corrected chi connectivity index (χ0v) is 51.2. The Morgan fingerprint density at radius 1 is 0.300 bits per heavy atom. The second kappa shape index (κ2) is 37.0. The van der Waals surface area contributed by atoms with Crippen molar-refractivity contribution >= 4 is 0 Å². The summed E-state index contributed by atoms with van der Waals surface area (Å²) in [5.41, 5.74) is 6.93. The summed E-state index contributed by atoms with van der Waals surface area (Å²) in [6.45, 7) is 39.5. The molecule has 0 spiro atoms. The van der Waals surface area contributed by atoms with E-state index in [2.05, 4.69) is 114 Å². The first-order valence-corrected chi connectivity index (χ1v) is 28.9. The van der Waals surface area contributed by atoms with Crippen LogP contribution in [0.15, 0.2) is 146 Å². The quantitative estimate of drug-likeness (QED) is 0.0435. The largest absolute Gasteiger partial charge is 0.494 e. The van der Waals surface area contributed by atoms with Crippen molar-refractivity contribution < 1.29 is 52.5 Å². The molecule has 0 aliphatic carbocycles. The summed E-state index contributed by atoms with van der Waals surface area (Å²) in [6, 6.07) is 49.3. The van der Waals surface area contributed by atoms with E-state index < -0.39 is 6.10 Å². The van der Waals surface area contributed by atoms with Gasteiger partial charge in [0.2, 0.25) is 0 Å². The molecule has 0 saturated heterocycles. The Balaban J connectivity index is 0.000000362. The maximum Gasteiger partial charge on any atom is 0.122 e. The number of hydrogen-bond acceptors (Lipinski definition) is 11. The van der Waals surface area contributed by atoms with Crippen molar-refractivity contribution in [3.63, 3.8) is 0 Å². The van der Waals surface area contributed by atoms with E-state index in [4.69, 9.17) is 47.4 Å². The molecule has 11 nitrogen and oxygen atoms in total. The van der Waals surface area contributed by atoms with Crippen LogP contribution in [0.2, 0.25) is 0 Å². The van der Waals surface area contributed by atoms with Crippen LogP contribution in [0, 0.1) is 0 Å². The molecule has 6 aromatic rings. The molecule has 0 bridgehead atoms. The number of hydrogen-bond donors (Lipinski definition) is 1. The maximum absolute atomic E-state index is 10.5. The minimum absolute atomic E-state index is 0.0461. The molecule has 0 saturated carbocycles. The van der Waals surface area contributed by atoms with Crippen molar-refractivity contribution in [1.29, 1.82) is 0 Å². The summed E-state index contributed by atoms with van der Waals surface area (Å²) in [5, 5.41) is 10.5. The average Bonchev–Trinajstić information content (AvgIpc) is 3.47. The highest BCUT2D eigenvalue weighted by molar-refractivity contribution is 5.44. The lowest BCUT2D eigenvalue weighted by Crippen LogP contribution is -2.25. The van der Waals surface area contributed by atoms with Crippen molar-refractivity contribution in [2.45, 2.75) is 132 Å². The minimum Gasteiger partial charge on any atom is -0.494 e. The highest BCUT2D eigenvalue weighted by Crippen LogP contribution is 2.36. The van der Waals surface area contributed by atoms with Crippen LogP contribution in [-0.4, -0.2) is 103 Å². The van der Waals surface area contributed by atoms with Gasteiger partial charge in [-0.05, 0) is 168 Å². The Labute approximate surface area is 482 Å². The molecule has 0 aliphatic heterocycles. The predicted octanol–water partition coefficient (Wildman–Crippen LogP) is 15.3. The number of rotatable bonds is 30. The SMILES string of the molecule is CCOCC(C)OCC.CCOCCOCC.CCOc1ccc(C(C)(C)c2ccc(OCC(O)COc3ccc(C(C)(C)c4ccc(OCC)cc4)cc3)cc2)cc1.CCOc1ccc(C(C)(C)c2ccc(OCC)cc2)cc1. The van der Waals surface area contributed by atoms with Crippen LogP contribution in [0.1, 0.15) is 137 Å². The Morgan fingerprint density at radius 3 is 0.725 bits per heavy atom. The van der Waals surface area contributed by atoms with Gasteiger partial charge in [-0.1, -0.05) is 114 Å². The third-order valence-electron chi connectivity index (χ3n) is 13.4. The summed E-state index contributed by atoms with van der Waals surface area (Å²) < 4.78 is 54.2. The van der Waals surface area contributed by atoms with Gasteiger partial charge < -0.3 is 52.5 Å². The fourth-order valence-electron chi connectivity index (χ4n) is 8.43. The molecular weight excluding hydrogens is 1000 g/mol. The molecule has 0 fully saturated rings. The Kier molecular flexibility index (Phi) is 31.6. The molecule has 0 aromatic heterocycles. The predicted molar refractivity (Wildman–Crippen MR) is 327 cm³/mol. The smallest absolute Gasteiger partial charge is 0.122 e. The molecule has 1 unspecified atom stereocenters. The van der Waals surface area contributed by atoms with Crippen molar-refractivity contribution in [2.75, 3.05) is 85.9 Å². The lowest BCUT2D eigenvalue weighted by atomic mass is 9.78. The monoisotopic (exact) mass is 1100 g/mol. The van der Waals surface area contributed by atoms with E-state index >= 15 is 0 Å². The molecule has 80 heavy (non-hydrogen) atoms. The van der Waals surface area contributed by atoms with Gasteiger partial charge in [0.25, 0.3) is 0 Å². The third-order valence-corrected chi connectivity index (χ3v) is 13.4. The second-order valence-electron chi connectivity index (χ2n) is 20.3. The lowest BCUT2D eigenvalue weighted by molar-refractivity contribution is 0.00215. The maximum atomic E-state index is 10.5. The van der Waals surface area contributed by atoms with Crippen LogP contribution >= 0.6 is 0 Å². The van der Waals surface area contributed by atoms with Crippen LogP contribution in [-0.2, 0) is 35.2 Å². The standard InChI is InChI=1S/C37H44O5.C19H24O2.C7H16O2.C6H14O2/c1-7-39-32-17-9-27(10-18-32)36(3,4)29-13-21-34(22-14-29)41-25-31(38)26-42-35-23-15-30(16-24-35)37(5,6)28-11-19-33(20-12-28)40-8-2;1-5-20-17-11-7-15(8-12-17)19(3,4)16-9-13-18(14-10-16)21-6-2;1-4-8-6-7(3)9-5-2;1-3-7-5-6-8-4-2/h9-24,31,38H,7-8,25-26H2,1-6H3;7-14H,5-6H2,1-4H3;7H,4-6H2,1-3H3;3-6H2,1-2H3. The molecule has 6 rings (SSSR count). The number of ether oxygens (including phenoxy) is 10. The van der Waals surface area contributed by atoms with Gasteiger partial charge >= 0.3 is 0 Å². The van der Waals surface area contributed by atoms with Crippen LogP contribution in [0.3, 0.4) is 0 Å². The lowest BCUT2D eigenvalue weighted by Gasteiger charge is -2.26. The van der Waals surface area contributed by atoms with E-state index in [1.807, 2.05) is 135 Å². The Morgan fingerprint density at radius 2 is 0.525 bits per heavy atom.